The lowest BCUT2D eigenvalue weighted by atomic mass is 9.87. The van der Waals surface area contributed by atoms with Crippen LogP contribution in [-0.2, 0) is 11.2 Å². The van der Waals surface area contributed by atoms with E-state index < -0.39 is 0 Å². The van der Waals surface area contributed by atoms with Crippen molar-refractivity contribution in [2.75, 3.05) is 13.1 Å². The Morgan fingerprint density at radius 2 is 2.13 bits per heavy atom. The molecule has 1 N–H and O–H groups in total. The number of rotatable bonds is 2. The summed E-state index contributed by atoms with van der Waals surface area (Å²) >= 11 is 0. The fourth-order valence-electron chi connectivity index (χ4n) is 3.51. The highest BCUT2D eigenvalue weighted by Crippen LogP contribution is 2.29. The maximum atomic E-state index is 12.8. The molecule has 0 spiro atoms. The Kier molecular flexibility index (Phi) is 4.35. The lowest BCUT2D eigenvalue weighted by molar-refractivity contribution is -0.131. The Morgan fingerprint density at radius 3 is 2.96 bits per heavy atom. The minimum Gasteiger partial charge on any atom is -0.393 e. The third-order valence-electron chi connectivity index (χ3n) is 4.58. The lowest BCUT2D eigenvalue weighted by Gasteiger charge is -2.29. The topological polar surface area (TPSA) is 53.4 Å². The number of aliphatic hydroxyl groups is 1. The van der Waals surface area contributed by atoms with Gasteiger partial charge in [0.05, 0.1) is 12.5 Å². The second-order valence-electron chi connectivity index (χ2n) is 7.32. The number of nitrogens with zero attached hydrogens (tertiary/aromatic N) is 2. The zero-order chi connectivity index (χ0) is 16.4. The molecule has 4 nitrogen and oxygen atoms in total. The molecule has 23 heavy (non-hydrogen) atoms. The number of hydrogen-bond donors (Lipinski definition) is 1. The number of likely N-dealkylation sites (tertiary alicyclic amines) is 1. The summed E-state index contributed by atoms with van der Waals surface area (Å²) in [7, 11) is 0. The van der Waals surface area contributed by atoms with Crippen LogP contribution in [0.1, 0.15) is 32.3 Å². The van der Waals surface area contributed by atoms with E-state index >= 15 is 0 Å². The molecule has 122 valence electrons. The van der Waals surface area contributed by atoms with E-state index in [4.69, 9.17) is 0 Å². The molecule has 1 fully saturated rings. The third-order valence-corrected chi connectivity index (χ3v) is 4.58. The second-order valence-corrected chi connectivity index (χ2v) is 7.32. The van der Waals surface area contributed by atoms with Gasteiger partial charge in [0.2, 0.25) is 5.91 Å². The molecule has 4 heteroatoms. The first-order valence-electron chi connectivity index (χ1n) is 8.22. The Bertz CT molecular complexity index is 706. The fourth-order valence-corrected chi connectivity index (χ4v) is 3.51. The summed E-state index contributed by atoms with van der Waals surface area (Å²) in [5.41, 5.74) is 0.915. The van der Waals surface area contributed by atoms with E-state index in [1.54, 1.807) is 6.20 Å². The quantitative estimate of drug-likeness (QED) is 0.928. The summed E-state index contributed by atoms with van der Waals surface area (Å²) in [6.45, 7) is 5.55. The summed E-state index contributed by atoms with van der Waals surface area (Å²) in [6.07, 6.45) is 5.06. The maximum Gasteiger partial charge on any atom is 0.227 e. The van der Waals surface area contributed by atoms with Gasteiger partial charge in [-0.15, -0.1) is 0 Å². The molecule has 2 aromatic rings. The van der Waals surface area contributed by atoms with E-state index in [1.807, 2.05) is 35.4 Å². The first-order valence-corrected chi connectivity index (χ1v) is 8.22. The second kappa shape index (κ2) is 6.28. The van der Waals surface area contributed by atoms with Crippen molar-refractivity contribution in [1.29, 1.82) is 0 Å². The molecule has 3 rings (SSSR count). The smallest absolute Gasteiger partial charge is 0.227 e. The number of benzene rings is 1. The molecule has 1 aromatic carbocycles. The fraction of sp³-hybridized carbons (Fsp3) is 0.474. The number of carbonyl (C=O) groups excluding carboxylic acids is 1. The van der Waals surface area contributed by atoms with Crippen LogP contribution in [0.15, 0.2) is 36.7 Å². The average Bonchev–Trinajstić information content (AvgIpc) is 2.65. The normalized spacial score (nSPS) is 21.2. The number of carbonyl (C=O) groups is 1. The molecular formula is C19H24N2O2. The predicted molar refractivity (Wildman–Crippen MR) is 91.0 cm³/mol. The van der Waals surface area contributed by atoms with Gasteiger partial charge < -0.3 is 10.0 Å². The van der Waals surface area contributed by atoms with Gasteiger partial charge in [0.1, 0.15) is 0 Å². The molecule has 0 saturated carbocycles. The summed E-state index contributed by atoms with van der Waals surface area (Å²) in [6, 6.07) is 8.02. The zero-order valence-electron chi connectivity index (χ0n) is 13.8. The highest BCUT2D eigenvalue weighted by molar-refractivity contribution is 5.89. The first kappa shape index (κ1) is 15.9. The van der Waals surface area contributed by atoms with Gasteiger partial charge in [0.15, 0.2) is 0 Å². The van der Waals surface area contributed by atoms with Gasteiger partial charge in [-0.3, -0.25) is 9.78 Å². The monoisotopic (exact) mass is 312 g/mol. The standard InChI is InChI=1S/C19H24N2O2/c1-19(2)10-16(22)7-8-21(13-19)18(23)9-15-12-20-11-14-5-3-4-6-17(14)15/h3-6,11-12,16,22H,7-10,13H2,1-2H3. The van der Waals surface area contributed by atoms with E-state index in [2.05, 4.69) is 18.8 Å². The number of amides is 1. The molecular weight excluding hydrogens is 288 g/mol. The van der Waals surface area contributed by atoms with Crippen molar-refractivity contribution in [1.82, 2.24) is 9.88 Å². The molecule has 0 bridgehead atoms. The predicted octanol–water partition coefficient (Wildman–Crippen LogP) is 2.79. The van der Waals surface area contributed by atoms with Gasteiger partial charge in [-0.1, -0.05) is 38.1 Å². The van der Waals surface area contributed by atoms with Crippen LogP contribution in [0, 0.1) is 5.41 Å². The van der Waals surface area contributed by atoms with Crippen LogP contribution in [0.4, 0.5) is 0 Å². The molecule has 1 saturated heterocycles. The van der Waals surface area contributed by atoms with Gasteiger partial charge in [-0.2, -0.15) is 0 Å². The van der Waals surface area contributed by atoms with Crippen molar-refractivity contribution in [3.63, 3.8) is 0 Å². The number of hydrogen-bond acceptors (Lipinski definition) is 3. The number of aliphatic hydroxyl groups excluding tert-OH is 1. The van der Waals surface area contributed by atoms with Crippen LogP contribution in [0.25, 0.3) is 10.8 Å². The molecule has 1 aliphatic heterocycles. The van der Waals surface area contributed by atoms with Gasteiger partial charge in [0, 0.05) is 30.9 Å². The first-order chi connectivity index (χ1) is 10.9. The minimum atomic E-state index is -0.318. The molecule has 1 aliphatic rings. The Hall–Kier alpha value is -1.94. The lowest BCUT2D eigenvalue weighted by Crippen LogP contribution is -2.38. The van der Waals surface area contributed by atoms with E-state index in [-0.39, 0.29) is 17.4 Å². The summed E-state index contributed by atoms with van der Waals surface area (Å²) < 4.78 is 0. The Balaban J connectivity index is 1.80. The zero-order valence-corrected chi connectivity index (χ0v) is 13.8. The van der Waals surface area contributed by atoms with Gasteiger partial charge in [-0.05, 0) is 29.2 Å². The summed E-state index contributed by atoms with van der Waals surface area (Å²) in [5, 5.41) is 12.2. The van der Waals surface area contributed by atoms with Crippen LogP contribution in [0.3, 0.4) is 0 Å². The highest BCUT2D eigenvalue weighted by atomic mass is 16.3. The molecule has 1 unspecified atom stereocenters. The van der Waals surface area contributed by atoms with E-state index in [9.17, 15) is 9.90 Å². The van der Waals surface area contributed by atoms with Crippen LogP contribution in [-0.4, -0.2) is 40.1 Å². The molecule has 0 radical (unpaired) electrons. The third kappa shape index (κ3) is 3.70. The van der Waals surface area contributed by atoms with Crippen molar-refractivity contribution in [3.8, 4) is 0 Å². The summed E-state index contributed by atoms with van der Waals surface area (Å²) in [4.78, 5) is 18.9. The molecule has 2 heterocycles. The van der Waals surface area contributed by atoms with Gasteiger partial charge in [0.25, 0.3) is 0 Å². The van der Waals surface area contributed by atoms with Crippen molar-refractivity contribution < 1.29 is 9.90 Å². The van der Waals surface area contributed by atoms with Gasteiger partial charge >= 0.3 is 0 Å². The molecule has 1 aromatic heterocycles. The molecule has 1 amide bonds. The van der Waals surface area contributed by atoms with Crippen molar-refractivity contribution in [3.05, 3.63) is 42.2 Å². The van der Waals surface area contributed by atoms with Crippen LogP contribution >= 0.6 is 0 Å². The van der Waals surface area contributed by atoms with Crippen LogP contribution in [0.2, 0.25) is 0 Å². The Morgan fingerprint density at radius 1 is 1.35 bits per heavy atom. The van der Waals surface area contributed by atoms with E-state index in [0.29, 0.717) is 25.9 Å². The molecule has 1 atom stereocenters. The average molecular weight is 312 g/mol. The van der Waals surface area contributed by atoms with Crippen molar-refractivity contribution >= 4 is 16.7 Å². The maximum absolute atomic E-state index is 12.8. The van der Waals surface area contributed by atoms with E-state index in [0.717, 1.165) is 22.8 Å². The van der Waals surface area contributed by atoms with E-state index in [1.165, 1.54) is 0 Å². The summed E-state index contributed by atoms with van der Waals surface area (Å²) in [5.74, 6) is 0.116. The van der Waals surface area contributed by atoms with Crippen LogP contribution in [0.5, 0.6) is 0 Å². The highest BCUT2D eigenvalue weighted by Gasteiger charge is 2.31. The largest absolute Gasteiger partial charge is 0.393 e. The minimum absolute atomic E-state index is 0.0530. The Labute approximate surface area is 137 Å². The number of aromatic nitrogens is 1. The van der Waals surface area contributed by atoms with Crippen LogP contribution < -0.4 is 0 Å². The van der Waals surface area contributed by atoms with Gasteiger partial charge in [-0.25, -0.2) is 0 Å². The number of fused-ring (bicyclic) bond motifs is 1. The van der Waals surface area contributed by atoms with Crippen molar-refractivity contribution in [2.24, 2.45) is 5.41 Å². The molecule has 0 aliphatic carbocycles. The SMILES string of the molecule is CC1(C)CC(O)CCN(C(=O)Cc2cncc3ccccc23)C1. The number of pyridine rings is 1. The van der Waals surface area contributed by atoms with Crippen molar-refractivity contribution in [2.45, 2.75) is 39.2 Å².